The Bertz CT molecular complexity index is 983. The molecule has 0 fully saturated rings. The quantitative estimate of drug-likeness (QED) is 0.335. The van der Waals surface area contributed by atoms with Crippen molar-refractivity contribution in [1.82, 2.24) is 0 Å². The molecule has 1 aliphatic heterocycles. The molecule has 0 spiro atoms. The second kappa shape index (κ2) is 10.9. The fraction of sp³-hybridized carbons (Fsp3) is 0.318. The van der Waals surface area contributed by atoms with Crippen LogP contribution in [-0.2, 0) is 14.3 Å². The fourth-order valence-corrected chi connectivity index (χ4v) is 3.35. The Labute approximate surface area is 187 Å². The maximum Gasteiger partial charge on any atom is 0.307 e. The average Bonchev–Trinajstić information content (AvgIpc) is 2.78. The zero-order valence-electron chi connectivity index (χ0n) is 17.1. The zero-order chi connectivity index (χ0) is 23.1. The summed E-state index contributed by atoms with van der Waals surface area (Å²) in [5.74, 6) is -3.02. The molecule has 2 aromatic carbocycles. The molecule has 1 aliphatic rings. The van der Waals surface area contributed by atoms with E-state index in [-0.39, 0.29) is 18.6 Å². The lowest BCUT2D eigenvalue weighted by Crippen LogP contribution is -2.30. The van der Waals surface area contributed by atoms with Crippen molar-refractivity contribution in [1.29, 1.82) is 0 Å². The summed E-state index contributed by atoms with van der Waals surface area (Å²) in [6, 6.07) is 10.7. The number of benzene rings is 2. The fourth-order valence-electron chi connectivity index (χ4n) is 2.85. The number of ketones is 1. The van der Waals surface area contributed by atoms with Crippen molar-refractivity contribution in [2.24, 2.45) is 0 Å². The first-order valence-corrected chi connectivity index (χ1v) is 10.7. The highest BCUT2D eigenvalue weighted by molar-refractivity contribution is 7.99. The van der Waals surface area contributed by atoms with E-state index in [4.69, 9.17) is 14.2 Å². The van der Waals surface area contributed by atoms with Gasteiger partial charge in [-0.05, 0) is 49.4 Å². The van der Waals surface area contributed by atoms with Crippen LogP contribution in [0, 0.1) is 0 Å². The van der Waals surface area contributed by atoms with Crippen LogP contribution in [0.25, 0.3) is 0 Å². The molecule has 0 saturated heterocycles. The molecule has 1 heterocycles. The predicted molar refractivity (Wildman–Crippen MR) is 113 cm³/mol. The number of Topliss-reactive ketones (excluding diaryl/α,β-unsaturated/α-hetero) is 1. The van der Waals surface area contributed by atoms with Crippen LogP contribution in [0.1, 0.15) is 30.1 Å². The number of amides is 1. The maximum absolute atomic E-state index is 12.4. The SMILES string of the molecule is CC(OC(=O)CCC(=O)c1ccc2c(c1)OCCO2)C(=O)Nc1ccc(SC(F)F)cc1. The van der Waals surface area contributed by atoms with E-state index in [0.29, 0.717) is 52.6 Å². The molecular weight excluding hydrogens is 444 g/mol. The van der Waals surface area contributed by atoms with E-state index >= 15 is 0 Å². The van der Waals surface area contributed by atoms with Gasteiger partial charge in [0, 0.05) is 22.6 Å². The molecule has 0 saturated carbocycles. The van der Waals surface area contributed by atoms with E-state index in [0.717, 1.165) is 0 Å². The number of fused-ring (bicyclic) bond motifs is 1. The minimum Gasteiger partial charge on any atom is -0.486 e. The highest BCUT2D eigenvalue weighted by Crippen LogP contribution is 2.31. The third-order valence-corrected chi connectivity index (χ3v) is 5.17. The maximum atomic E-state index is 12.4. The summed E-state index contributed by atoms with van der Waals surface area (Å²) in [6.45, 7) is 2.24. The molecule has 0 radical (unpaired) electrons. The molecular formula is C22H21F2NO6S. The molecule has 1 unspecified atom stereocenters. The molecule has 3 rings (SSSR count). The molecule has 0 aliphatic carbocycles. The van der Waals surface area contributed by atoms with Gasteiger partial charge in [-0.1, -0.05) is 11.8 Å². The van der Waals surface area contributed by atoms with Gasteiger partial charge in [0.1, 0.15) is 13.2 Å². The number of rotatable bonds is 9. The molecule has 1 amide bonds. The summed E-state index contributed by atoms with van der Waals surface area (Å²) in [6.07, 6.45) is -1.37. The molecule has 1 N–H and O–H groups in total. The standard InChI is InChI=1S/C22H21F2NO6S/c1-13(21(28)25-15-3-5-16(6-4-15)32-22(23)24)31-20(27)9-7-17(26)14-2-8-18-19(12-14)30-11-10-29-18/h2-6,8,12-13,22H,7,9-11H2,1H3,(H,25,28). The van der Waals surface area contributed by atoms with Crippen molar-refractivity contribution in [3.63, 3.8) is 0 Å². The molecule has 0 bridgehead atoms. The largest absolute Gasteiger partial charge is 0.486 e. The van der Waals surface area contributed by atoms with Gasteiger partial charge in [0.25, 0.3) is 11.7 Å². The number of hydrogen-bond acceptors (Lipinski definition) is 7. The molecule has 32 heavy (non-hydrogen) atoms. The Hall–Kier alpha value is -3.14. The normalized spacial score (nSPS) is 13.4. The number of nitrogens with one attached hydrogen (secondary N) is 1. The summed E-state index contributed by atoms with van der Waals surface area (Å²) in [7, 11) is 0. The van der Waals surface area contributed by atoms with Gasteiger partial charge in [-0.15, -0.1) is 0 Å². The molecule has 0 aromatic heterocycles. The van der Waals surface area contributed by atoms with Crippen molar-refractivity contribution < 1.29 is 37.4 Å². The van der Waals surface area contributed by atoms with Crippen LogP contribution in [-0.4, -0.2) is 42.7 Å². The lowest BCUT2D eigenvalue weighted by Gasteiger charge is -2.18. The van der Waals surface area contributed by atoms with Crippen LogP contribution in [0.3, 0.4) is 0 Å². The Morgan fingerprint density at radius 3 is 2.41 bits per heavy atom. The number of hydrogen-bond donors (Lipinski definition) is 1. The average molecular weight is 465 g/mol. The number of halogens is 2. The number of carbonyl (C=O) groups excluding carboxylic acids is 3. The number of esters is 1. The summed E-state index contributed by atoms with van der Waals surface area (Å²) in [4.78, 5) is 37.0. The van der Waals surface area contributed by atoms with Gasteiger partial charge in [-0.3, -0.25) is 14.4 Å². The first-order valence-electron chi connectivity index (χ1n) is 9.80. The monoisotopic (exact) mass is 465 g/mol. The van der Waals surface area contributed by atoms with Gasteiger partial charge in [0.05, 0.1) is 6.42 Å². The minimum atomic E-state index is -2.53. The summed E-state index contributed by atoms with van der Waals surface area (Å²) in [5.41, 5.74) is 0.770. The number of alkyl halides is 2. The van der Waals surface area contributed by atoms with Crippen LogP contribution in [0.5, 0.6) is 11.5 Å². The summed E-state index contributed by atoms with van der Waals surface area (Å²) < 4.78 is 40.6. The minimum absolute atomic E-state index is 0.0872. The molecule has 7 nitrogen and oxygen atoms in total. The van der Waals surface area contributed by atoms with Crippen molar-refractivity contribution in [3.05, 3.63) is 48.0 Å². The van der Waals surface area contributed by atoms with Crippen LogP contribution < -0.4 is 14.8 Å². The number of ether oxygens (including phenoxy) is 3. The molecule has 1 atom stereocenters. The third-order valence-electron chi connectivity index (χ3n) is 4.44. The number of thioether (sulfide) groups is 1. The lowest BCUT2D eigenvalue weighted by molar-refractivity contribution is -0.153. The lowest BCUT2D eigenvalue weighted by atomic mass is 10.1. The van der Waals surface area contributed by atoms with Gasteiger partial charge in [0.15, 0.2) is 23.4 Å². The topological polar surface area (TPSA) is 90.9 Å². The second-order valence-electron chi connectivity index (χ2n) is 6.81. The first-order chi connectivity index (χ1) is 15.3. The van der Waals surface area contributed by atoms with Gasteiger partial charge in [-0.2, -0.15) is 8.78 Å². The van der Waals surface area contributed by atoms with Gasteiger partial charge >= 0.3 is 5.97 Å². The van der Waals surface area contributed by atoms with Crippen LogP contribution in [0.4, 0.5) is 14.5 Å². The highest BCUT2D eigenvalue weighted by Gasteiger charge is 2.20. The molecule has 170 valence electrons. The number of carbonyl (C=O) groups is 3. The van der Waals surface area contributed by atoms with E-state index in [2.05, 4.69) is 5.32 Å². The third kappa shape index (κ3) is 6.68. The molecule has 10 heteroatoms. The zero-order valence-corrected chi connectivity index (χ0v) is 18.0. The van der Waals surface area contributed by atoms with Gasteiger partial charge in [0.2, 0.25) is 0 Å². The van der Waals surface area contributed by atoms with Crippen molar-refractivity contribution in [2.45, 2.75) is 36.5 Å². The van der Waals surface area contributed by atoms with E-state index < -0.39 is 23.7 Å². The first kappa shape index (κ1) is 23.5. The van der Waals surface area contributed by atoms with E-state index in [9.17, 15) is 23.2 Å². The predicted octanol–water partition coefficient (Wildman–Crippen LogP) is 4.31. The Balaban J connectivity index is 1.44. The Morgan fingerprint density at radius 2 is 1.72 bits per heavy atom. The van der Waals surface area contributed by atoms with Gasteiger partial charge < -0.3 is 19.5 Å². The Morgan fingerprint density at radius 1 is 1.03 bits per heavy atom. The van der Waals surface area contributed by atoms with Crippen LogP contribution in [0.2, 0.25) is 0 Å². The van der Waals surface area contributed by atoms with Crippen molar-refractivity contribution in [3.8, 4) is 11.5 Å². The number of anilines is 1. The van der Waals surface area contributed by atoms with Crippen molar-refractivity contribution in [2.75, 3.05) is 18.5 Å². The smallest absolute Gasteiger partial charge is 0.307 e. The van der Waals surface area contributed by atoms with Gasteiger partial charge in [-0.25, -0.2) is 0 Å². The van der Waals surface area contributed by atoms with E-state index in [1.165, 1.54) is 31.2 Å². The highest BCUT2D eigenvalue weighted by atomic mass is 32.2. The molecule has 2 aromatic rings. The summed E-state index contributed by atoms with van der Waals surface area (Å²) in [5, 5.41) is 2.54. The second-order valence-corrected chi connectivity index (χ2v) is 7.87. The van der Waals surface area contributed by atoms with E-state index in [1.807, 2.05) is 0 Å². The van der Waals surface area contributed by atoms with Crippen molar-refractivity contribution >= 4 is 35.1 Å². The van der Waals surface area contributed by atoms with Crippen LogP contribution in [0.15, 0.2) is 47.4 Å². The summed E-state index contributed by atoms with van der Waals surface area (Å²) >= 11 is 0.397. The van der Waals surface area contributed by atoms with E-state index in [1.54, 1.807) is 18.2 Å². The Kier molecular flexibility index (Phi) is 8.04. The van der Waals surface area contributed by atoms with Crippen LogP contribution >= 0.6 is 11.8 Å².